The summed E-state index contributed by atoms with van der Waals surface area (Å²) in [6, 6.07) is 2.25. The normalized spacial score (nSPS) is 27.6. The molecule has 1 heterocycles. The summed E-state index contributed by atoms with van der Waals surface area (Å²) in [4.78, 5) is 0. The van der Waals surface area contributed by atoms with E-state index in [1.54, 1.807) is 0 Å². The van der Waals surface area contributed by atoms with Crippen LogP contribution in [0.1, 0.15) is 52.4 Å². The Morgan fingerprint density at radius 3 is 2.62 bits per heavy atom. The summed E-state index contributed by atoms with van der Waals surface area (Å²) in [6.45, 7) is 4.31. The minimum atomic E-state index is -0.164. The van der Waals surface area contributed by atoms with E-state index < -0.39 is 0 Å². The lowest BCUT2D eigenvalue weighted by atomic mass is 9.91. The number of nitrogens with zero attached hydrogens (tertiary/aromatic N) is 1. The molecule has 2 heteroatoms. The van der Waals surface area contributed by atoms with Gasteiger partial charge in [-0.3, -0.25) is 0 Å². The molecule has 0 aromatic carbocycles. The van der Waals surface area contributed by atoms with Crippen LogP contribution in [0.15, 0.2) is 0 Å². The topological polar surface area (TPSA) is 33.0 Å². The van der Waals surface area contributed by atoms with E-state index in [0.717, 1.165) is 32.1 Å². The van der Waals surface area contributed by atoms with Gasteiger partial charge in [-0.2, -0.15) is 5.26 Å². The van der Waals surface area contributed by atoms with Crippen LogP contribution in [0.4, 0.5) is 0 Å². The van der Waals surface area contributed by atoms with Crippen molar-refractivity contribution in [2.45, 2.75) is 64.1 Å². The number of ether oxygens (including phenoxy) is 1. The second-order valence-electron chi connectivity index (χ2n) is 3.87. The Balaban J connectivity index is 2.67. The molecule has 1 aliphatic heterocycles. The quantitative estimate of drug-likeness (QED) is 0.656. The Hall–Kier alpha value is -0.550. The summed E-state index contributed by atoms with van der Waals surface area (Å²) in [6.07, 6.45) is 6.28. The fraction of sp³-hybridized carbons (Fsp3) is 0.909. The van der Waals surface area contributed by atoms with Gasteiger partial charge in [0.25, 0.3) is 0 Å². The standard InChI is InChI=1S/C11H19NO/c1-3-11(4-2)8-6-5-7-10(9-12)13-11/h10H,3-8H2,1-2H3. The molecule has 0 aliphatic carbocycles. The highest BCUT2D eigenvalue weighted by atomic mass is 16.5. The van der Waals surface area contributed by atoms with Crippen LogP contribution in [0.25, 0.3) is 0 Å². The summed E-state index contributed by atoms with van der Waals surface area (Å²) in [5.41, 5.74) is -0.00308. The largest absolute Gasteiger partial charge is 0.357 e. The third-order valence-electron chi connectivity index (χ3n) is 3.17. The number of rotatable bonds is 2. The third kappa shape index (κ3) is 2.45. The highest BCUT2D eigenvalue weighted by Crippen LogP contribution is 2.32. The average molecular weight is 181 g/mol. The van der Waals surface area contributed by atoms with Crippen LogP contribution in [-0.2, 0) is 4.74 Å². The molecule has 0 N–H and O–H groups in total. The SMILES string of the molecule is CCC1(CC)CCCCC(C#N)O1. The Morgan fingerprint density at radius 1 is 1.38 bits per heavy atom. The molecule has 13 heavy (non-hydrogen) atoms. The van der Waals surface area contributed by atoms with Gasteiger partial charge in [0, 0.05) is 0 Å². The van der Waals surface area contributed by atoms with Gasteiger partial charge in [-0.1, -0.05) is 20.3 Å². The van der Waals surface area contributed by atoms with Gasteiger partial charge in [0.2, 0.25) is 0 Å². The fourth-order valence-corrected chi connectivity index (χ4v) is 2.06. The maximum atomic E-state index is 8.86. The van der Waals surface area contributed by atoms with Gasteiger partial charge >= 0.3 is 0 Å². The zero-order chi connectivity index (χ0) is 9.73. The van der Waals surface area contributed by atoms with E-state index in [4.69, 9.17) is 10.00 Å². The smallest absolute Gasteiger partial charge is 0.144 e. The summed E-state index contributed by atoms with van der Waals surface area (Å²) in [7, 11) is 0. The van der Waals surface area contributed by atoms with Gasteiger partial charge < -0.3 is 4.74 Å². The molecular formula is C11H19NO. The predicted molar refractivity (Wildman–Crippen MR) is 52.3 cm³/mol. The van der Waals surface area contributed by atoms with Gasteiger partial charge in [0.15, 0.2) is 0 Å². The molecule has 0 amide bonds. The van der Waals surface area contributed by atoms with Crippen molar-refractivity contribution < 1.29 is 4.74 Å². The first-order valence-corrected chi connectivity index (χ1v) is 5.34. The Kier molecular flexibility index (Phi) is 3.74. The summed E-state index contributed by atoms with van der Waals surface area (Å²) >= 11 is 0. The van der Waals surface area contributed by atoms with E-state index >= 15 is 0 Å². The monoisotopic (exact) mass is 181 g/mol. The maximum Gasteiger partial charge on any atom is 0.144 e. The van der Waals surface area contributed by atoms with Crippen LogP contribution < -0.4 is 0 Å². The maximum absolute atomic E-state index is 8.86. The van der Waals surface area contributed by atoms with E-state index in [9.17, 15) is 0 Å². The van der Waals surface area contributed by atoms with Crippen molar-refractivity contribution in [3.8, 4) is 6.07 Å². The van der Waals surface area contributed by atoms with Crippen LogP contribution in [0, 0.1) is 11.3 Å². The summed E-state index contributed by atoms with van der Waals surface area (Å²) < 4.78 is 5.89. The molecule has 1 aliphatic rings. The van der Waals surface area contributed by atoms with Crippen LogP contribution in [-0.4, -0.2) is 11.7 Å². The van der Waals surface area contributed by atoms with Gasteiger partial charge in [-0.25, -0.2) is 0 Å². The first-order valence-electron chi connectivity index (χ1n) is 5.34. The van der Waals surface area contributed by atoms with E-state index in [1.807, 2.05) is 0 Å². The van der Waals surface area contributed by atoms with Gasteiger partial charge in [0.05, 0.1) is 11.7 Å². The summed E-state index contributed by atoms with van der Waals surface area (Å²) in [5.74, 6) is 0. The van der Waals surface area contributed by atoms with E-state index in [2.05, 4.69) is 19.9 Å². The molecular weight excluding hydrogens is 162 g/mol. The molecule has 2 nitrogen and oxygen atoms in total. The van der Waals surface area contributed by atoms with Gasteiger partial charge in [0.1, 0.15) is 6.10 Å². The van der Waals surface area contributed by atoms with Gasteiger partial charge in [-0.05, 0) is 32.1 Å². The first kappa shape index (κ1) is 10.5. The van der Waals surface area contributed by atoms with Crippen LogP contribution in [0.2, 0.25) is 0 Å². The minimum absolute atomic E-state index is 0.00308. The Bertz CT molecular complexity index is 191. The van der Waals surface area contributed by atoms with Crippen molar-refractivity contribution >= 4 is 0 Å². The van der Waals surface area contributed by atoms with Gasteiger partial charge in [-0.15, -0.1) is 0 Å². The van der Waals surface area contributed by atoms with E-state index in [0.29, 0.717) is 0 Å². The molecule has 0 radical (unpaired) electrons. The zero-order valence-electron chi connectivity index (χ0n) is 8.68. The molecule has 1 rings (SSSR count). The highest BCUT2D eigenvalue weighted by molar-refractivity contribution is 4.91. The van der Waals surface area contributed by atoms with Crippen molar-refractivity contribution in [2.24, 2.45) is 0 Å². The molecule has 74 valence electrons. The highest BCUT2D eigenvalue weighted by Gasteiger charge is 2.32. The lowest BCUT2D eigenvalue weighted by Gasteiger charge is -2.31. The average Bonchev–Trinajstić information content (AvgIpc) is 2.40. The Morgan fingerprint density at radius 2 is 2.08 bits per heavy atom. The molecule has 0 spiro atoms. The van der Waals surface area contributed by atoms with Crippen LogP contribution >= 0.6 is 0 Å². The van der Waals surface area contributed by atoms with Crippen LogP contribution in [0.5, 0.6) is 0 Å². The lowest BCUT2D eigenvalue weighted by Crippen LogP contribution is -2.33. The molecule has 1 saturated heterocycles. The molecule has 0 bridgehead atoms. The van der Waals surface area contributed by atoms with Crippen LogP contribution in [0.3, 0.4) is 0 Å². The molecule has 1 unspecified atom stereocenters. The summed E-state index contributed by atoms with van der Waals surface area (Å²) in [5, 5.41) is 8.86. The second kappa shape index (κ2) is 4.62. The number of hydrogen-bond acceptors (Lipinski definition) is 2. The zero-order valence-corrected chi connectivity index (χ0v) is 8.68. The number of hydrogen-bond donors (Lipinski definition) is 0. The van der Waals surface area contributed by atoms with Crippen molar-refractivity contribution in [3.63, 3.8) is 0 Å². The Labute approximate surface area is 80.9 Å². The molecule has 0 saturated carbocycles. The first-order chi connectivity index (χ1) is 6.26. The second-order valence-corrected chi connectivity index (χ2v) is 3.87. The molecule has 0 aromatic rings. The fourth-order valence-electron chi connectivity index (χ4n) is 2.06. The van der Waals surface area contributed by atoms with Crippen molar-refractivity contribution in [2.75, 3.05) is 0 Å². The van der Waals surface area contributed by atoms with Crippen molar-refractivity contribution in [1.29, 1.82) is 5.26 Å². The minimum Gasteiger partial charge on any atom is -0.357 e. The van der Waals surface area contributed by atoms with E-state index in [-0.39, 0.29) is 11.7 Å². The predicted octanol–water partition coefficient (Wildman–Crippen LogP) is 3.03. The molecule has 1 fully saturated rings. The molecule has 0 aromatic heterocycles. The number of nitriles is 1. The van der Waals surface area contributed by atoms with Crippen molar-refractivity contribution in [1.82, 2.24) is 0 Å². The van der Waals surface area contributed by atoms with E-state index in [1.165, 1.54) is 6.42 Å². The van der Waals surface area contributed by atoms with Crippen molar-refractivity contribution in [3.05, 3.63) is 0 Å². The lowest BCUT2D eigenvalue weighted by molar-refractivity contribution is -0.0751. The third-order valence-corrected chi connectivity index (χ3v) is 3.17. The molecule has 1 atom stereocenters.